The highest BCUT2D eigenvalue weighted by Crippen LogP contribution is 2.21. The third-order valence-electron chi connectivity index (χ3n) is 4.34. The van der Waals surface area contributed by atoms with Gasteiger partial charge in [0.25, 0.3) is 0 Å². The van der Waals surface area contributed by atoms with Crippen molar-refractivity contribution in [3.63, 3.8) is 0 Å². The van der Waals surface area contributed by atoms with Gasteiger partial charge < -0.3 is 19.7 Å². The van der Waals surface area contributed by atoms with Gasteiger partial charge in [0.2, 0.25) is 6.29 Å². The van der Waals surface area contributed by atoms with Crippen molar-refractivity contribution in [1.29, 1.82) is 0 Å². The zero-order valence-electron chi connectivity index (χ0n) is 13.2. The molecule has 3 atom stereocenters. The van der Waals surface area contributed by atoms with E-state index in [1.54, 1.807) is 4.90 Å². The van der Waals surface area contributed by atoms with Gasteiger partial charge in [0.1, 0.15) is 6.04 Å². The SMILES string of the molecule is C[C@@H]1CCCN1C(=O)NC1CC(=O)OC1OCc1ccccc1. The van der Waals surface area contributed by atoms with Crippen molar-refractivity contribution in [2.45, 2.75) is 51.2 Å². The molecule has 0 bridgehead atoms. The molecule has 6 heteroatoms. The first-order chi connectivity index (χ1) is 11.1. The maximum absolute atomic E-state index is 12.3. The van der Waals surface area contributed by atoms with E-state index in [0.717, 1.165) is 24.9 Å². The number of hydrogen-bond acceptors (Lipinski definition) is 4. The predicted molar refractivity (Wildman–Crippen MR) is 83.4 cm³/mol. The Morgan fingerprint density at radius 2 is 2.17 bits per heavy atom. The molecule has 2 saturated heterocycles. The van der Waals surface area contributed by atoms with Crippen LogP contribution in [0.5, 0.6) is 0 Å². The molecule has 0 spiro atoms. The number of rotatable bonds is 4. The number of urea groups is 1. The molecule has 1 aromatic carbocycles. The maximum atomic E-state index is 12.3. The second kappa shape index (κ2) is 7.00. The monoisotopic (exact) mass is 318 g/mol. The Bertz CT molecular complexity index is 563. The minimum Gasteiger partial charge on any atom is -0.433 e. The zero-order valence-corrected chi connectivity index (χ0v) is 13.2. The van der Waals surface area contributed by atoms with Crippen LogP contribution in [0.4, 0.5) is 4.79 Å². The Labute approximate surface area is 135 Å². The second-order valence-corrected chi connectivity index (χ2v) is 6.10. The van der Waals surface area contributed by atoms with E-state index in [2.05, 4.69) is 5.32 Å². The summed E-state index contributed by atoms with van der Waals surface area (Å²) < 4.78 is 10.9. The van der Waals surface area contributed by atoms with Crippen molar-refractivity contribution in [1.82, 2.24) is 10.2 Å². The fraction of sp³-hybridized carbons (Fsp3) is 0.529. The van der Waals surface area contributed by atoms with Gasteiger partial charge in [-0.25, -0.2) is 4.79 Å². The largest absolute Gasteiger partial charge is 0.433 e. The molecule has 2 unspecified atom stereocenters. The van der Waals surface area contributed by atoms with E-state index in [9.17, 15) is 9.59 Å². The van der Waals surface area contributed by atoms with Gasteiger partial charge in [0, 0.05) is 12.6 Å². The summed E-state index contributed by atoms with van der Waals surface area (Å²) in [5.74, 6) is -0.345. The number of likely N-dealkylation sites (tertiary alicyclic amines) is 1. The van der Waals surface area contributed by atoms with Crippen molar-refractivity contribution in [2.75, 3.05) is 6.54 Å². The first-order valence-corrected chi connectivity index (χ1v) is 8.05. The van der Waals surface area contributed by atoms with Gasteiger partial charge in [-0.15, -0.1) is 0 Å². The van der Waals surface area contributed by atoms with E-state index in [1.165, 1.54) is 0 Å². The molecule has 3 rings (SSSR count). The number of carbonyl (C=O) groups excluding carboxylic acids is 2. The average molecular weight is 318 g/mol. The van der Waals surface area contributed by atoms with Gasteiger partial charge in [0.05, 0.1) is 13.0 Å². The maximum Gasteiger partial charge on any atom is 0.318 e. The van der Waals surface area contributed by atoms with Crippen molar-refractivity contribution in [2.24, 2.45) is 0 Å². The number of amides is 2. The second-order valence-electron chi connectivity index (χ2n) is 6.10. The molecule has 2 heterocycles. The molecule has 0 aliphatic carbocycles. The Morgan fingerprint density at radius 1 is 1.39 bits per heavy atom. The molecule has 0 radical (unpaired) electrons. The number of carbonyl (C=O) groups is 2. The average Bonchev–Trinajstić information content (AvgIpc) is 3.12. The summed E-state index contributed by atoms with van der Waals surface area (Å²) >= 11 is 0. The smallest absolute Gasteiger partial charge is 0.318 e. The fourth-order valence-corrected chi connectivity index (χ4v) is 3.03. The minimum atomic E-state index is -0.732. The number of cyclic esters (lactones) is 1. The van der Waals surface area contributed by atoms with E-state index >= 15 is 0 Å². The Balaban J connectivity index is 1.56. The molecule has 2 fully saturated rings. The molecule has 23 heavy (non-hydrogen) atoms. The van der Waals surface area contributed by atoms with Crippen LogP contribution in [0.2, 0.25) is 0 Å². The van der Waals surface area contributed by atoms with Gasteiger partial charge in [-0.3, -0.25) is 4.79 Å². The summed E-state index contributed by atoms with van der Waals surface area (Å²) in [5, 5.41) is 2.88. The van der Waals surface area contributed by atoms with Crippen LogP contribution in [0.3, 0.4) is 0 Å². The normalized spacial score (nSPS) is 27.1. The third kappa shape index (κ3) is 3.82. The number of nitrogens with one attached hydrogen (secondary N) is 1. The van der Waals surface area contributed by atoms with Gasteiger partial charge in [-0.1, -0.05) is 30.3 Å². The summed E-state index contributed by atoms with van der Waals surface area (Å²) in [4.78, 5) is 25.7. The number of benzene rings is 1. The lowest BCUT2D eigenvalue weighted by atomic mass is 10.2. The van der Waals surface area contributed by atoms with Crippen LogP contribution >= 0.6 is 0 Å². The van der Waals surface area contributed by atoms with Crippen molar-refractivity contribution < 1.29 is 19.1 Å². The lowest BCUT2D eigenvalue weighted by molar-refractivity contribution is -0.166. The van der Waals surface area contributed by atoms with E-state index in [1.807, 2.05) is 37.3 Å². The Hall–Kier alpha value is -2.08. The standard InChI is InChI=1S/C17H22N2O4/c1-12-6-5-9-19(12)17(21)18-14-10-15(20)23-16(14)22-11-13-7-3-2-4-8-13/h2-4,7-8,12,14,16H,5-6,9-11H2,1H3,(H,18,21)/t12-,14?,16?/m1/s1. The summed E-state index contributed by atoms with van der Waals surface area (Å²) in [7, 11) is 0. The molecule has 2 aliphatic rings. The highest BCUT2D eigenvalue weighted by molar-refractivity contribution is 5.78. The molecule has 0 aromatic heterocycles. The van der Waals surface area contributed by atoms with Crippen LogP contribution in [0.1, 0.15) is 31.7 Å². The van der Waals surface area contributed by atoms with Crippen molar-refractivity contribution in [3.05, 3.63) is 35.9 Å². The van der Waals surface area contributed by atoms with E-state index in [4.69, 9.17) is 9.47 Å². The van der Waals surface area contributed by atoms with Gasteiger partial charge in [0.15, 0.2) is 0 Å². The highest BCUT2D eigenvalue weighted by atomic mass is 16.7. The lowest BCUT2D eigenvalue weighted by Gasteiger charge is -2.25. The van der Waals surface area contributed by atoms with Gasteiger partial charge >= 0.3 is 12.0 Å². The number of ether oxygens (including phenoxy) is 2. The summed E-state index contributed by atoms with van der Waals surface area (Å²) in [5.41, 5.74) is 0.994. The molecular weight excluding hydrogens is 296 g/mol. The van der Waals surface area contributed by atoms with Gasteiger partial charge in [-0.05, 0) is 25.3 Å². The van der Waals surface area contributed by atoms with Crippen molar-refractivity contribution >= 4 is 12.0 Å². The molecule has 1 N–H and O–H groups in total. The molecule has 124 valence electrons. The quantitative estimate of drug-likeness (QED) is 0.863. The van der Waals surface area contributed by atoms with E-state index in [-0.39, 0.29) is 24.5 Å². The summed E-state index contributed by atoms with van der Waals surface area (Å²) in [6.45, 7) is 3.13. The Morgan fingerprint density at radius 3 is 2.87 bits per heavy atom. The molecule has 0 saturated carbocycles. The number of nitrogens with zero attached hydrogens (tertiary/aromatic N) is 1. The fourth-order valence-electron chi connectivity index (χ4n) is 3.03. The first-order valence-electron chi connectivity index (χ1n) is 8.05. The molecule has 2 amide bonds. The zero-order chi connectivity index (χ0) is 16.2. The van der Waals surface area contributed by atoms with Crippen LogP contribution in [-0.2, 0) is 20.9 Å². The van der Waals surface area contributed by atoms with Crippen LogP contribution in [0.25, 0.3) is 0 Å². The number of hydrogen-bond donors (Lipinski definition) is 1. The highest BCUT2D eigenvalue weighted by Gasteiger charge is 2.38. The Kier molecular flexibility index (Phi) is 4.81. The molecular formula is C17H22N2O4. The van der Waals surface area contributed by atoms with Crippen LogP contribution < -0.4 is 5.32 Å². The van der Waals surface area contributed by atoms with E-state index < -0.39 is 12.3 Å². The van der Waals surface area contributed by atoms with E-state index in [0.29, 0.717) is 6.61 Å². The molecule has 1 aromatic rings. The number of esters is 1. The predicted octanol–water partition coefficient (Wildman–Crippen LogP) is 2.04. The first kappa shape index (κ1) is 15.8. The summed E-state index contributed by atoms with van der Waals surface area (Å²) in [6, 6.07) is 9.31. The lowest BCUT2D eigenvalue weighted by Crippen LogP contribution is -2.49. The van der Waals surface area contributed by atoms with Gasteiger partial charge in [-0.2, -0.15) is 0 Å². The minimum absolute atomic E-state index is 0.146. The topological polar surface area (TPSA) is 67.9 Å². The van der Waals surface area contributed by atoms with Crippen LogP contribution in [-0.4, -0.2) is 41.8 Å². The molecule has 2 aliphatic heterocycles. The van der Waals surface area contributed by atoms with Crippen molar-refractivity contribution in [3.8, 4) is 0 Å². The molecule has 6 nitrogen and oxygen atoms in total. The summed E-state index contributed by atoms with van der Waals surface area (Å²) in [6.07, 6.45) is 1.45. The van der Waals surface area contributed by atoms with Crippen LogP contribution in [0.15, 0.2) is 30.3 Å². The third-order valence-corrected chi connectivity index (χ3v) is 4.34. The van der Waals surface area contributed by atoms with Crippen LogP contribution in [0, 0.1) is 0 Å².